The van der Waals surface area contributed by atoms with Crippen molar-refractivity contribution in [2.45, 2.75) is 5.03 Å². The molecule has 0 atom stereocenters. The molecule has 28 heavy (non-hydrogen) atoms. The van der Waals surface area contributed by atoms with Crippen LogP contribution in [0.5, 0.6) is 0 Å². The number of hydrogen-bond acceptors (Lipinski definition) is 5. The lowest BCUT2D eigenvalue weighted by Gasteiger charge is -2.23. The fourth-order valence-electron chi connectivity index (χ4n) is 3.33. The van der Waals surface area contributed by atoms with Gasteiger partial charge in [-0.15, -0.1) is 11.3 Å². The Morgan fingerprint density at radius 2 is 1.96 bits per heavy atom. The molecule has 3 heterocycles. The summed E-state index contributed by atoms with van der Waals surface area (Å²) in [5.41, 5.74) is 3.63. The van der Waals surface area contributed by atoms with E-state index in [2.05, 4.69) is 35.7 Å². The van der Waals surface area contributed by atoms with Gasteiger partial charge in [0.15, 0.2) is 0 Å². The van der Waals surface area contributed by atoms with Gasteiger partial charge in [-0.1, -0.05) is 48.2 Å². The van der Waals surface area contributed by atoms with Gasteiger partial charge < -0.3 is 9.64 Å². The molecule has 0 bridgehead atoms. The standard InChI is InChI=1S/C22H21N3OS2/c23-16-19-18(17-5-2-1-3-6-17)15-20(21-7-4-13-27-21)24-22(19)28-14-10-25-8-11-26-12-9-25/h1-7,13,15H,8-12,14H2/p+1. The van der Waals surface area contributed by atoms with E-state index in [9.17, 15) is 5.26 Å². The zero-order valence-electron chi connectivity index (χ0n) is 15.6. The van der Waals surface area contributed by atoms with E-state index >= 15 is 0 Å². The third kappa shape index (κ3) is 4.45. The fraction of sp³-hybridized carbons (Fsp3) is 0.273. The van der Waals surface area contributed by atoms with Gasteiger partial charge in [0.1, 0.15) is 24.2 Å². The molecule has 3 aromatic rings. The van der Waals surface area contributed by atoms with E-state index < -0.39 is 0 Å². The molecule has 0 spiro atoms. The van der Waals surface area contributed by atoms with Gasteiger partial charge in [0.2, 0.25) is 0 Å². The molecule has 142 valence electrons. The van der Waals surface area contributed by atoms with Crippen LogP contribution in [-0.2, 0) is 4.74 Å². The van der Waals surface area contributed by atoms with Crippen LogP contribution in [-0.4, -0.2) is 43.6 Å². The van der Waals surface area contributed by atoms with Crippen LogP contribution in [0.4, 0.5) is 0 Å². The minimum absolute atomic E-state index is 0.675. The van der Waals surface area contributed by atoms with Crippen LogP contribution >= 0.6 is 23.1 Å². The largest absolute Gasteiger partial charge is 0.370 e. The van der Waals surface area contributed by atoms with Crippen molar-refractivity contribution in [2.24, 2.45) is 0 Å². The Morgan fingerprint density at radius 3 is 2.68 bits per heavy atom. The van der Waals surface area contributed by atoms with Crippen molar-refractivity contribution in [3.8, 4) is 27.8 Å². The molecule has 2 aromatic heterocycles. The topological polar surface area (TPSA) is 50.3 Å². The molecular weight excluding hydrogens is 386 g/mol. The summed E-state index contributed by atoms with van der Waals surface area (Å²) < 4.78 is 5.44. The third-order valence-electron chi connectivity index (χ3n) is 4.85. The van der Waals surface area contributed by atoms with Gasteiger partial charge >= 0.3 is 0 Å². The summed E-state index contributed by atoms with van der Waals surface area (Å²) in [5, 5.41) is 12.8. The Kier molecular flexibility index (Phi) is 6.40. The Morgan fingerprint density at radius 1 is 1.14 bits per heavy atom. The van der Waals surface area contributed by atoms with Crippen LogP contribution in [0.2, 0.25) is 0 Å². The number of ether oxygens (including phenoxy) is 1. The number of nitrogens with zero attached hydrogens (tertiary/aromatic N) is 2. The molecule has 0 unspecified atom stereocenters. The van der Waals surface area contributed by atoms with Crippen molar-refractivity contribution < 1.29 is 9.64 Å². The predicted octanol–water partition coefficient (Wildman–Crippen LogP) is 3.36. The van der Waals surface area contributed by atoms with E-state index in [0.717, 1.165) is 65.3 Å². The highest BCUT2D eigenvalue weighted by Gasteiger charge is 2.18. The van der Waals surface area contributed by atoms with E-state index in [1.54, 1.807) is 28.0 Å². The molecule has 1 aromatic carbocycles. The van der Waals surface area contributed by atoms with Crippen LogP contribution in [0.3, 0.4) is 0 Å². The summed E-state index contributed by atoms with van der Waals surface area (Å²) in [7, 11) is 0. The van der Waals surface area contributed by atoms with E-state index in [-0.39, 0.29) is 0 Å². The van der Waals surface area contributed by atoms with Crippen LogP contribution < -0.4 is 4.90 Å². The Balaban J connectivity index is 1.65. The van der Waals surface area contributed by atoms with E-state index in [1.165, 1.54) is 0 Å². The molecule has 0 amide bonds. The van der Waals surface area contributed by atoms with Crippen molar-refractivity contribution in [1.29, 1.82) is 5.26 Å². The SMILES string of the molecule is N#Cc1c(-c2ccccc2)cc(-c2cccs2)nc1SCC[NH+]1CCOCC1. The second-order valence-corrected chi connectivity index (χ2v) is 8.68. The lowest BCUT2D eigenvalue weighted by atomic mass is 10.0. The summed E-state index contributed by atoms with van der Waals surface area (Å²) in [6.07, 6.45) is 0. The number of pyridine rings is 1. The molecule has 0 aliphatic carbocycles. The number of thiophene rings is 1. The average molecular weight is 409 g/mol. The molecular formula is C22H22N3OS2+. The monoisotopic (exact) mass is 408 g/mol. The highest BCUT2D eigenvalue weighted by atomic mass is 32.2. The number of benzene rings is 1. The number of morpholine rings is 1. The van der Waals surface area contributed by atoms with Gasteiger partial charge in [-0.2, -0.15) is 5.26 Å². The smallest absolute Gasteiger partial charge is 0.115 e. The number of thioether (sulfide) groups is 1. The zero-order valence-corrected chi connectivity index (χ0v) is 17.2. The molecule has 1 fully saturated rings. The number of hydrogen-bond donors (Lipinski definition) is 1. The number of aromatic nitrogens is 1. The van der Waals surface area contributed by atoms with Crippen LogP contribution in [0.15, 0.2) is 58.9 Å². The van der Waals surface area contributed by atoms with Gasteiger partial charge in [0.25, 0.3) is 0 Å². The molecule has 1 aliphatic heterocycles. The van der Waals surface area contributed by atoms with Crippen LogP contribution in [0.1, 0.15) is 5.56 Å². The molecule has 1 saturated heterocycles. The number of quaternary nitrogens is 1. The summed E-state index contributed by atoms with van der Waals surface area (Å²) in [6.45, 7) is 4.86. The Labute approximate surface area is 173 Å². The molecule has 1 aliphatic rings. The van der Waals surface area contributed by atoms with E-state index in [4.69, 9.17) is 9.72 Å². The number of nitrogens with one attached hydrogen (secondary N) is 1. The first-order valence-corrected chi connectivity index (χ1v) is 11.3. The Hall–Kier alpha value is -2.17. The highest BCUT2D eigenvalue weighted by Crippen LogP contribution is 2.35. The predicted molar refractivity (Wildman–Crippen MR) is 115 cm³/mol. The summed E-state index contributed by atoms with van der Waals surface area (Å²) in [6, 6.07) is 18.7. The maximum Gasteiger partial charge on any atom is 0.115 e. The maximum absolute atomic E-state index is 9.91. The second-order valence-electron chi connectivity index (χ2n) is 6.65. The van der Waals surface area contributed by atoms with Gasteiger partial charge in [0.05, 0.1) is 35.9 Å². The first kappa shape index (κ1) is 19.2. The van der Waals surface area contributed by atoms with Gasteiger partial charge in [-0.05, 0) is 23.1 Å². The quantitative estimate of drug-likeness (QED) is 0.636. The highest BCUT2D eigenvalue weighted by molar-refractivity contribution is 7.99. The minimum Gasteiger partial charge on any atom is -0.370 e. The molecule has 0 radical (unpaired) electrons. The first-order chi connectivity index (χ1) is 13.8. The van der Waals surface area contributed by atoms with Crippen molar-refractivity contribution in [3.63, 3.8) is 0 Å². The Bertz CT molecular complexity index is 946. The molecule has 4 rings (SSSR count). The number of rotatable bonds is 6. The number of nitriles is 1. The summed E-state index contributed by atoms with van der Waals surface area (Å²) in [5.74, 6) is 0.944. The summed E-state index contributed by atoms with van der Waals surface area (Å²) in [4.78, 5) is 7.56. The van der Waals surface area contributed by atoms with Crippen molar-refractivity contribution in [1.82, 2.24) is 4.98 Å². The first-order valence-electron chi connectivity index (χ1n) is 9.43. The lowest BCUT2D eigenvalue weighted by molar-refractivity contribution is -0.905. The second kappa shape index (κ2) is 9.35. The molecule has 6 heteroatoms. The zero-order chi connectivity index (χ0) is 19.2. The average Bonchev–Trinajstić information content (AvgIpc) is 3.29. The fourth-order valence-corrected chi connectivity index (χ4v) is 5.07. The minimum atomic E-state index is 0.675. The molecule has 0 saturated carbocycles. The van der Waals surface area contributed by atoms with Gasteiger partial charge in [-0.3, -0.25) is 0 Å². The molecule has 1 N–H and O–H groups in total. The van der Waals surface area contributed by atoms with Crippen molar-refractivity contribution in [2.75, 3.05) is 38.6 Å². The third-order valence-corrected chi connectivity index (χ3v) is 6.72. The van der Waals surface area contributed by atoms with Gasteiger partial charge in [0, 0.05) is 11.3 Å². The van der Waals surface area contributed by atoms with E-state index in [1.807, 2.05) is 24.3 Å². The van der Waals surface area contributed by atoms with Gasteiger partial charge in [-0.25, -0.2) is 4.98 Å². The van der Waals surface area contributed by atoms with Crippen LogP contribution in [0, 0.1) is 11.3 Å². The lowest BCUT2D eigenvalue weighted by Crippen LogP contribution is -3.14. The van der Waals surface area contributed by atoms with Crippen molar-refractivity contribution >= 4 is 23.1 Å². The van der Waals surface area contributed by atoms with Crippen molar-refractivity contribution in [3.05, 3.63) is 59.5 Å². The van der Waals surface area contributed by atoms with Crippen LogP contribution in [0.25, 0.3) is 21.7 Å². The normalized spacial score (nSPS) is 14.7. The summed E-state index contributed by atoms with van der Waals surface area (Å²) >= 11 is 3.37. The molecule has 4 nitrogen and oxygen atoms in total. The van der Waals surface area contributed by atoms with E-state index in [0.29, 0.717) is 5.56 Å². The maximum atomic E-state index is 9.91.